The number of aromatic nitrogens is 2. The molecule has 1 fully saturated rings. The number of methoxy groups -OCH3 is 1. The summed E-state index contributed by atoms with van der Waals surface area (Å²) >= 11 is 5.58. The number of ether oxygens (including phenoxy) is 3. The third kappa shape index (κ3) is 6.08. The van der Waals surface area contributed by atoms with Crippen LogP contribution in [-0.4, -0.2) is 42.2 Å². The number of hydrogen-bond donors (Lipinski definition) is 0. The van der Waals surface area contributed by atoms with Crippen LogP contribution in [0.3, 0.4) is 0 Å². The van der Waals surface area contributed by atoms with Crippen molar-refractivity contribution in [3.63, 3.8) is 0 Å². The predicted octanol–water partition coefficient (Wildman–Crippen LogP) is 5.64. The summed E-state index contributed by atoms with van der Waals surface area (Å²) in [4.78, 5) is 30.0. The molecule has 0 saturated heterocycles. The molecule has 0 N–H and O–H groups in total. The van der Waals surface area contributed by atoms with Gasteiger partial charge in [-0.15, -0.1) is 0 Å². The minimum atomic E-state index is -0.482. The van der Waals surface area contributed by atoms with Gasteiger partial charge in [-0.1, -0.05) is 35.2 Å². The monoisotopic (exact) mass is 667 g/mol. The predicted molar refractivity (Wildman–Crippen MR) is 150 cm³/mol. The van der Waals surface area contributed by atoms with E-state index in [1.54, 1.807) is 18.3 Å². The minimum absolute atomic E-state index is 0.185. The number of fused-ring (bicyclic) bond motifs is 1. The van der Waals surface area contributed by atoms with E-state index in [1.165, 1.54) is 18.2 Å². The van der Waals surface area contributed by atoms with Crippen molar-refractivity contribution >= 4 is 61.6 Å². The highest BCUT2D eigenvalue weighted by molar-refractivity contribution is 14.1. The van der Waals surface area contributed by atoms with Gasteiger partial charge in [-0.2, -0.15) is 9.78 Å². The van der Waals surface area contributed by atoms with Crippen LogP contribution in [0.4, 0.5) is 0 Å². The molecule has 0 atom stereocenters. The van der Waals surface area contributed by atoms with Crippen LogP contribution in [0.5, 0.6) is 11.5 Å². The zero-order valence-corrected chi connectivity index (χ0v) is 23.9. The van der Waals surface area contributed by atoms with E-state index in [1.807, 2.05) is 25.1 Å². The van der Waals surface area contributed by atoms with Gasteiger partial charge in [-0.05, 0) is 78.3 Å². The van der Waals surface area contributed by atoms with Gasteiger partial charge < -0.3 is 14.2 Å². The number of halogens is 2. The molecule has 0 spiro atoms. The van der Waals surface area contributed by atoms with Crippen LogP contribution in [-0.2, 0) is 9.53 Å². The molecule has 8 nitrogen and oxygen atoms in total. The summed E-state index contributed by atoms with van der Waals surface area (Å²) < 4.78 is 19.1. The lowest BCUT2D eigenvalue weighted by Gasteiger charge is -2.22. The second-order valence-corrected chi connectivity index (χ2v) is 10.5. The molecule has 1 aromatic heterocycles. The summed E-state index contributed by atoms with van der Waals surface area (Å²) in [6.07, 6.45) is 7.05. The maximum Gasteiger partial charge on any atom is 0.343 e. The summed E-state index contributed by atoms with van der Waals surface area (Å²) in [7, 11) is 1.31. The Bertz CT molecular complexity index is 1350. The van der Waals surface area contributed by atoms with E-state index >= 15 is 0 Å². The molecule has 1 heterocycles. The smallest absolute Gasteiger partial charge is 0.343 e. The van der Waals surface area contributed by atoms with E-state index in [-0.39, 0.29) is 18.1 Å². The molecule has 190 valence electrons. The maximum atomic E-state index is 13.5. The summed E-state index contributed by atoms with van der Waals surface area (Å²) in [6, 6.07) is 9.18. The second kappa shape index (κ2) is 12.2. The number of rotatable bonds is 8. The fraction of sp³-hybridized carbons (Fsp3) is 0.385. The summed E-state index contributed by atoms with van der Waals surface area (Å²) in [5.74, 6) is 1.34. The molecular weight excluding hydrogens is 641 g/mol. The van der Waals surface area contributed by atoms with Crippen molar-refractivity contribution in [1.82, 2.24) is 9.66 Å². The van der Waals surface area contributed by atoms with Gasteiger partial charge in [0.2, 0.25) is 0 Å². The quantitative estimate of drug-likeness (QED) is 0.175. The van der Waals surface area contributed by atoms with Crippen LogP contribution < -0.4 is 15.0 Å². The Hall–Kier alpha value is -2.47. The van der Waals surface area contributed by atoms with Gasteiger partial charge >= 0.3 is 5.97 Å². The standard InChI is InChI=1S/C26H27BrIN3O5/c1-3-35-22-12-16(11-20(28)24(22)36-15-23(32)34-2)14-29-31-25(17-7-5-4-6-8-17)30-21-10-9-18(27)13-19(21)26(31)33/h9-14,17H,3-8,15H2,1-2H3. The van der Waals surface area contributed by atoms with E-state index in [0.717, 1.165) is 39.3 Å². The van der Waals surface area contributed by atoms with Crippen LogP contribution in [0.1, 0.15) is 56.3 Å². The zero-order chi connectivity index (χ0) is 25.7. The summed E-state index contributed by atoms with van der Waals surface area (Å²) in [5, 5.41) is 5.13. The molecule has 2 aromatic carbocycles. The van der Waals surface area contributed by atoms with Crippen LogP contribution in [0.25, 0.3) is 10.9 Å². The third-order valence-corrected chi connectivity index (χ3v) is 7.31. The van der Waals surface area contributed by atoms with Crippen molar-refractivity contribution in [2.24, 2.45) is 5.10 Å². The molecular formula is C26H27BrIN3O5. The number of esters is 1. The molecule has 1 aliphatic rings. The Kier molecular flexibility index (Phi) is 9.00. The van der Waals surface area contributed by atoms with Gasteiger partial charge in [-0.25, -0.2) is 9.78 Å². The number of hydrogen-bond acceptors (Lipinski definition) is 7. The van der Waals surface area contributed by atoms with E-state index in [9.17, 15) is 9.59 Å². The molecule has 4 rings (SSSR count). The maximum absolute atomic E-state index is 13.5. The minimum Gasteiger partial charge on any atom is -0.490 e. The Morgan fingerprint density at radius 1 is 1.22 bits per heavy atom. The Balaban J connectivity index is 1.76. The van der Waals surface area contributed by atoms with Gasteiger partial charge in [0.15, 0.2) is 18.1 Å². The highest BCUT2D eigenvalue weighted by Crippen LogP contribution is 2.34. The lowest BCUT2D eigenvalue weighted by atomic mass is 9.88. The number of nitrogens with zero attached hydrogens (tertiary/aromatic N) is 3. The number of carbonyl (C=O) groups is 1. The first-order valence-electron chi connectivity index (χ1n) is 11.8. The van der Waals surface area contributed by atoms with Crippen molar-refractivity contribution in [2.45, 2.75) is 44.9 Å². The Labute approximate surface area is 231 Å². The normalized spacial score (nSPS) is 14.3. The molecule has 3 aromatic rings. The first kappa shape index (κ1) is 26.6. The highest BCUT2D eigenvalue weighted by atomic mass is 127. The van der Waals surface area contributed by atoms with Gasteiger partial charge in [0, 0.05) is 10.4 Å². The van der Waals surface area contributed by atoms with E-state index in [2.05, 4.69) is 48.4 Å². The lowest BCUT2D eigenvalue weighted by molar-refractivity contribution is -0.142. The fourth-order valence-electron chi connectivity index (χ4n) is 4.28. The summed E-state index contributed by atoms with van der Waals surface area (Å²) in [6.45, 7) is 2.06. The Morgan fingerprint density at radius 3 is 2.72 bits per heavy atom. The highest BCUT2D eigenvalue weighted by Gasteiger charge is 2.22. The third-order valence-electron chi connectivity index (χ3n) is 6.02. The molecule has 0 unspecified atom stereocenters. The van der Waals surface area contributed by atoms with Crippen molar-refractivity contribution in [1.29, 1.82) is 0 Å². The molecule has 1 aliphatic carbocycles. The molecule has 36 heavy (non-hydrogen) atoms. The van der Waals surface area contributed by atoms with Gasteiger partial charge in [0.1, 0.15) is 5.82 Å². The molecule has 0 radical (unpaired) electrons. The molecule has 0 aliphatic heterocycles. The van der Waals surface area contributed by atoms with Crippen molar-refractivity contribution in [3.8, 4) is 11.5 Å². The number of carbonyl (C=O) groups excluding carboxylic acids is 1. The lowest BCUT2D eigenvalue weighted by Crippen LogP contribution is -2.25. The number of benzene rings is 2. The molecule has 10 heteroatoms. The molecule has 0 amide bonds. The van der Waals surface area contributed by atoms with Crippen LogP contribution >= 0.6 is 38.5 Å². The van der Waals surface area contributed by atoms with Gasteiger partial charge in [0.25, 0.3) is 5.56 Å². The zero-order valence-electron chi connectivity index (χ0n) is 20.1. The van der Waals surface area contributed by atoms with Crippen LogP contribution in [0, 0.1) is 3.57 Å². The molecule has 0 bridgehead atoms. The fourth-order valence-corrected chi connectivity index (χ4v) is 5.42. The average molecular weight is 668 g/mol. The van der Waals surface area contributed by atoms with E-state index in [0.29, 0.717) is 34.8 Å². The van der Waals surface area contributed by atoms with Crippen molar-refractivity contribution in [2.75, 3.05) is 20.3 Å². The van der Waals surface area contributed by atoms with Crippen molar-refractivity contribution in [3.05, 3.63) is 60.1 Å². The van der Waals surface area contributed by atoms with Gasteiger partial charge in [-0.3, -0.25) is 4.79 Å². The summed E-state index contributed by atoms with van der Waals surface area (Å²) in [5.41, 5.74) is 1.20. The van der Waals surface area contributed by atoms with Crippen molar-refractivity contribution < 1.29 is 19.0 Å². The Morgan fingerprint density at radius 2 is 2.00 bits per heavy atom. The van der Waals surface area contributed by atoms with Crippen LogP contribution in [0.15, 0.2) is 44.7 Å². The first-order chi connectivity index (χ1) is 17.4. The topological polar surface area (TPSA) is 92.0 Å². The SMILES string of the molecule is CCOc1cc(C=Nn2c(C3CCCCC3)nc3ccc(Br)cc3c2=O)cc(I)c1OCC(=O)OC. The van der Waals surface area contributed by atoms with Gasteiger partial charge in [0.05, 0.1) is 34.4 Å². The van der Waals surface area contributed by atoms with E-state index < -0.39 is 5.97 Å². The van der Waals surface area contributed by atoms with Crippen LogP contribution in [0.2, 0.25) is 0 Å². The van der Waals surface area contributed by atoms with E-state index in [4.69, 9.17) is 14.5 Å². The first-order valence-corrected chi connectivity index (χ1v) is 13.7. The largest absolute Gasteiger partial charge is 0.490 e. The second-order valence-electron chi connectivity index (χ2n) is 8.46. The molecule has 1 saturated carbocycles. The average Bonchev–Trinajstić information content (AvgIpc) is 2.88.